The van der Waals surface area contributed by atoms with Crippen LogP contribution in [0.5, 0.6) is 0 Å². The molecule has 3 aromatic rings. The van der Waals surface area contributed by atoms with Gasteiger partial charge in [-0.1, -0.05) is 20.8 Å². The van der Waals surface area contributed by atoms with E-state index in [1.807, 2.05) is 25.3 Å². The van der Waals surface area contributed by atoms with Gasteiger partial charge in [0.2, 0.25) is 0 Å². The highest BCUT2D eigenvalue weighted by atomic mass is 16.4. The molecule has 0 saturated carbocycles. The maximum Gasteiger partial charge on any atom is 0.199 e. The van der Waals surface area contributed by atoms with E-state index in [4.69, 9.17) is 8.83 Å². The van der Waals surface area contributed by atoms with Crippen LogP contribution in [-0.2, 0) is 12.0 Å². The first-order valence-corrected chi connectivity index (χ1v) is 7.12. The van der Waals surface area contributed by atoms with Crippen LogP contribution in [0.3, 0.4) is 0 Å². The molecule has 0 aromatic carbocycles. The largest absolute Gasteiger partial charge is 0.466 e. The van der Waals surface area contributed by atoms with Gasteiger partial charge in [-0.05, 0) is 12.1 Å². The molecule has 0 amide bonds. The van der Waals surface area contributed by atoms with Crippen LogP contribution >= 0.6 is 0 Å². The summed E-state index contributed by atoms with van der Waals surface area (Å²) in [5, 5.41) is 10.3. The van der Waals surface area contributed by atoms with Gasteiger partial charge in [0.05, 0.1) is 18.5 Å². The SMILES string of the molecule is CC(C)(C)c1nc(Cn2ccnc2C(O)c2ccco2)co1. The number of oxazole rings is 1. The van der Waals surface area contributed by atoms with E-state index in [0.29, 0.717) is 24.0 Å². The molecule has 0 saturated heterocycles. The number of aliphatic hydroxyl groups excluding tert-OH is 1. The Morgan fingerprint density at radius 2 is 2.14 bits per heavy atom. The van der Waals surface area contributed by atoms with Gasteiger partial charge in [0.1, 0.15) is 17.8 Å². The second kappa shape index (κ2) is 5.46. The maximum atomic E-state index is 10.3. The van der Waals surface area contributed by atoms with Crippen LogP contribution in [0.2, 0.25) is 0 Å². The Hall–Kier alpha value is -2.34. The van der Waals surface area contributed by atoms with Crippen molar-refractivity contribution in [1.82, 2.24) is 14.5 Å². The zero-order valence-corrected chi connectivity index (χ0v) is 12.9. The Morgan fingerprint density at radius 1 is 1.32 bits per heavy atom. The van der Waals surface area contributed by atoms with Crippen LogP contribution in [-0.4, -0.2) is 19.6 Å². The molecule has 0 aliphatic carbocycles. The van der Waals surface area contributed by atoms with Crippen molar-refractivity contribution in [3.8, 4) is 0 Å². The van der Waals surface area contributed by atoms with E-state index in [2.05, 4.69) is 9.97 Å². The van der Waals surface area contributed by atoms with Crippen LogP contribution < -0.4 is 0 Å². The van der Waals surface area contributed by atoms with Crippen LogP contribution in [0.25, 0.3) is 0 Å². The number of imidazole rings is 1. The summed E-state index contributed by atoms with van der Waals surface area (Å²) in [7, 11) is 0. The number of aromatic nitrogens is 3. The summed E-state index contributed by atoms with van der Waals surface area (Å²) in [4.78, 5) is 8.72. The quantitative estimate of drug-likeness (QED) is 0.801. The third-order valence-corrected chi connectivity index (χ3v) is 3.33. The van der Waals surface area contributed by atoms with Gasteiger partial charge in [-0.25, -0.2) is 9.97 Å². The van der Waals surface area contributed by atoms with Gasteiger partial charge >= 0.3 is 0 Å². The monoisotopic (exact) mass is 301 g/mol. The van der Waals surface area contributed by atoms with Gasteiger partial charge in [0.25, 0.3) is 0 Å². The fourth-order valence-corrected chi connectivity index (χ4v) is 2.17. The van der Waals surface area contributed by atoms with Crippen molar-refractivity contribution < 1.29 is 13.9 Å². The molecule has 0 aliphatic rings. The molecule has 0 fully saturated rings. The Bertz CT molecular complexity index is 735. The second-order valence-corrected chi connectivity index (χ2v) is 6.23. The van der Waals surface area contributed by atoms with Crippen LogP contribution in [0.1, 0.15) is 50.0 Å². The summed E-state index contributed by atoms with van der Waals surface area (Å²) in [6.07, 6.45) is 5.71. The predicted molar refractivity (Wildman–Crippen MR) is 79.3 cm³/mol. The average molecular weight is 301 g/mol. The Kier molecular flexibility index (Phi) is 3.62. The molecular formula is C16H19N3O3. The molecule has 6 heteroatoms. The summed E-state index contributed by atoms with van der Waals surface area (Å²) in [6, 6.07) is 3.45. The van der Waals surface area contributed by atoms with E-state index >= 15 is 0 Å². The molecule has 3 aromatic heterocycles. The van der Waals surface area contributed by atoms with Crippen LogP contribution in [0.4, 0.5) is 0 Å². The summed E-state index contributed by atoms with van der Waals surface area (Å²) in [5.41, 5.74) is 0.653. The number of rotatable bonds is 4. The third kappa shape index (κ3) is 2.82. The molecule has 116 valence electrons. The maximum absolute atomic E-state index is 10.3. The van der Waals surface area contributed by atoms with Crippen molar-refractivity contribution in [3.05, 3.63) is 60.2 Å². The van der Waals surface area contributed by atoms with E-state index in [-0.39, 0.29) is 5.41 Å². The normalized spacial score (nSPS) is 13.5. The molecular weight excluding hydrogens is 282 g/mol. The molecule has 0 spiro atoms. The summed E-state index contributed by atoms with van der Waals surface area (Å²) < 4.78 is 12.6. The van der Waals surface area contributed by atoms with E-state index in [9.17, 15) is 5.11 Å². The number of aliphatic hydroxyl groups is 1. The highest BCUT2D eigenvalue weighted by Crippen LogP contribution is 2.23. The minimum absolute atomic E-state index is 0.135. The Morgan fingerprint density at radius 3 is 2.77 bits per heavy atom. The van der Waals surface area contributed by atoms with Gasteiger partial charge in [-0.2, -0.15) is 0 Å². The molecule has 1 N–H and O–H groups in total. The number of nitrogens with zero attached hydrogens (tertiary/aromatic N) is 3. The Balaban J connectivity index is 1.82. The zero-order valence-electron chi connectivity index (χ0n) is 12.9. The lowest BCUT2D eigenvalue weighted by Gasteiger charge is -2.12. The van der Waals surface area contributed by atoms with Gasteiger partial charge in [-0.3, -0.25) is 0 Å². The lowest BCUT2D eigenvalue weighted by molar-refractivity contribution is 0.176. The number of hydrogen-bond donors (Lipinski definition) is 1. The first kappa shape index (κ1) is 14.6. The molecule has 3 rings (SSSR count). The van der Waals surface area contributed by atoms with Gasteiger partial charge < -0.3 is 18.5 Å². The minimum Gasteiger partial charge on any atom is -0.466 e. The lowest BCUT2D eigenvalue weighted by Crippen LogP contribution is -2.13. The topological polar surface area (TPSA) is 77.2 Å². The van der Waals surface area contributed by atoms with Gasteiger partial charge in [-0.15, -0.1) is 0 Å². The predicted octanol–water partition coefficient (Wildman–Crippen LogP) is 2.89. The molecule has 1 atom stereocenters. The molecule has 0 bridgehead atoms. The van der Waals surface area contributed by atoms with E-state index in [0.717, 1.165) is 5.69 Å². The van der Waals surface area contributed by atoms with Crippen molar-refractivity contribution in [2.45, 2.75) is 38.8 Å². The van der Waals surface area contributed by atoms with Crippen LogP contribution in [0.15, 0.2) is 45.9 Å². The Labute approximate surface area is 128 Å². The minimum atomic E-state index is -0.904. The fraction of sp³-hybridized carbons (Fsp3) is 0.375. The highest BCUT2D eigenvalue weighted by Gasteiger charge is 2.22. The van der Waals surface area contributed by atoms with Gasteiger partial charge in [0, 0.05) is 17.8 Å². The first-order chi connectivity index (χ1) is 10.4. The average Bonchev–Trinajstić information content (AvgIpc) is 3.19. The standard InChI is InChI=1S/C16H19N3O3/c1-16(2,3)15-18-11(10-22-15)9-19-7-6-17-14(19)13(20)12-5-4-8-21-12/h4-8,10,13,20H,9H2,1-3H3. The van der Waals surface area contributed by atoms with Gasteiger partial charge in [0.15, 0.2) is 12.0 Å². The molecule has 6 nitrogen and oxygen atoms in total. The number of furan rings is 1. The van der Waals surface area contributed by atoms with Crippen molar-refractivity contribution in [2.75, 3.05) is 0 Å². The van der Waals surface area contributed by atoms with E-state index in [1.165, 1.54) is 6.26 Å². The smallest absolute Gasteiger partial charge is 0.199 e. The molecule has 22 heavy (non-hydrogen) atoms. The summed E-state index contributed by atoms with van der Waals surface area (Å²) in [6.45, 7) is 6.62. The van der Waals surface area contributed by atoms with Crippen molar-refractivity contribution >= 4 is 0 Å². The zero-order chi connectivity index (χ0) is 15.7. The molecule has 1 unspecified atom stereocenters. The molecule has 0 aliphatic heterocycles. The second-order valence-electron chi connectivity index (χ2n) is 6.23. The summed E-state index contributed by atoms with van der Waals surface area (Å²) in [5.74, 6) is 1.66. The highest BCUT2D eigenvalue weighted by molar-refractivity contribution is 5.14. The molecule has 0 radical (unpaired) electrons. The fourth-order valence-electron chi connectivity index (χ4n) is 2.17. The van der Waals surface area contributed by atoms with Crippen LogP contribution in [0, 0.1) is 0 Å². The lowest BCUT2D eigenvalue weighted by atomic mass is 9.97. The molecule has 3 heterocycles. The third-order valence-electron chi connectivity index (χ3n) is 3.33. The summed E-state index contributed by atoms with van der Waals surface area (Å²) >= 11 is 0. The van der Waals surface area contributed by atoms with E-state index < -0.39 is 6.10 Å². The first-order valence-electron chi connectivity index (χ1n) is 7.12. The van der Waals surface area contributed by atoms with Crippen molar-refractivity contribution in [2.24, 2.45) is 0 Å². The van der Waals surface area contributed by atoms with E-state index in [1.54, 1.807) is 30.8 Å². The van der Waals surface area contributed by atoms with Crippen molar-refractivity contribution in [1.29, 1.82) is 0 Å². The van der Waals surface area contributed by atoms with Crippen molar-refractivity contribution in [3.63, 3.8) is 0 Å². The number of hydrogen-bond acceptors (Lipinski definition) is 5.